The van der Waals surface area contributed by atoms with Crippen molar-refractivity contribution >= 4 is 11.6 Å². The molecular formula is C18H16O3. The molecule has 0 atom stereocenters. The number of carbonyl (C=O) groups is 2. The molecule has 0 unspecified atom stereocenters. The smallest absolute Gasteiger partial charge is 0.194 e. The number of ketones is 2. The minimum absolute atomic E-state index is 0.0865. The molecule has 2 aromatic carbocycles. The minimum atomic E-state index is -0.0911. The van der Waals surface area contributed by atoms with Gasteiger partial charge in [0.25, 0.3) is 0 Å². The minimum Gasteiger partial charge on any atom is -0.374 e. The van der Waals surface area contributed by atoms with Crippen LogP contribution in [0, 0.1) is 0 Å². The molecule has 1 aliphatic carbocycles. The summed E-state index contributed by atoms with van der Waals surface area (Å²) < 4.78 is 5.55. The highest BCUT2D eigenvalue weighted by molar-refractivity contribution is 6.28. The van der Waals surface area contributed by atoms with Gasteiger partial charge in [-0.25, -0.2) is 0 Å². The van der Waals surface area contributed by atoms with Crippen molar-refractivity contribution in [2.75, 3.05) is 0 Å². The molecule has 0 N–H and O–H groups in total. The summed E-state index contributed by atoms with van der Waals surface area (Å²) in [7, 11) is 0. The summed E-state index contributed by atoms with van der Waals surface area (Å²) in [5.41, 5.74) is 2.83. The summed E-state index contributed by atoms with van der Waals surface area (Å²) in [4.78, 5) is 25.0. The van der Waals surface area contributed by atoms with Crippen molar-refractivity contribution in [3.8, 4) is 0 Å². The summed E-state index contributed by atoms with van der Waals surface area (Å²) >= 11 is 0. The normalized spacial score (nSPS) is 13.3. The second-order valence-corrected chi connectivity index (χ2v) is 5.44. The van der Waals surface area contributed by atoms with E-state index < -0.39 is 0 Å². The molecule has 0 spiro atoms. The molecule has 3 rings (SSSR count). The second-order valence-electron chi connectivity index (χ2n) is 5.44. The van der Waals surface area contributed by atoms with Crippen molar-refractivity contribution in [1.29, 1.82) is 0 Å². The molecular weight excluding hydrogens is 264 g/mol. The number of hydrogen-bond donors (Lipinski definition) is 0. The number of hydrogen-bond acceptors (Lipinski definition) is 3. The van der Waals surface area contributed by atoms with Crippen LogP contribution in [0.1, 0.15) is 51.3 Å². The van der Waals surface area contributed by atoms with E-state index in [1.165, 1.54) is 0 Å². The molecule has 3 heteroatoms. The second kappa shape index (κ2) is 5.26. The van der Waals surface area contributed by atoms with Gasteiger partial charge in [-0.2, -0.15) is 0 Å². The van der Waals surface area contributed by atoms with Crippen LogP contribution in [-0.4, -0.2) is 17.7 Å². The molecule has 0 fully saturated rings. The van der Waals surface area contributed by atoms with E-state index in [-0.39, 0.29) is 17.7 Å². The summed E-state index contributed by atoms with van der Waals surface area (Å²) in [5, 5.41) is 0. The Labute approximate surface area is 123 Å². The quantitative estimate of drug-likeness (QED) is 0.738. The number of rotatable bonds is 3. The first kappa shape index (κ1) is 13.7. The molecule has 0 amide bonds. The maximum Gasteiger partial charge on any atom is 0.194 e. The summed E-state index contributed by atoms with van der Waals surface area (Å²) in [6.45, 7) is 4.36. The van der Waals surface area contributed by atoms with E-state index in [9.17, 15) is 9.59 Å². The van der Waals surface area contributed by atoms with Gasteiger partial charge in [0.05, 0.1) is 12.7 Å². The Morgan fingerprint density at radius 3 is 2.05 bits per heavy atom. The van der Waals surface area contributed by atoms with E-state index in [1.54, 1.807) is 36.4 Å². The van der Waals surface area contributed by atoms with Gasteiger partial charge >= 0.3 is 0 Å². The Kier molecular flexibility index (Phi) is 3.43. The molecule has 0 heterocycles. The van der Waals surface area contributed by atoms with Gasteiger partial charge in [-0.05, 0) is 31.5 Å². The molecule has 0 bridgehead atoms. The van der Waals surface area contributed by atoms with Crippen LogP contribution in [0.4, 0.5) is 0 Å². The van der Waals surface area contributed by atoms with Crippen molar-refractivity contribution in [1.82, 2.24) is 0 Å². The number of fused-ring (bicyclic) bond motifs is 2. The molecule has 21 heavy (non-hydrogen) atoms. The lowest BCUT2D eigenvalue weighted by atomic mass is 9.83. The fourth-order valence-corrected chi connectivity index (χ4v) is 2.50. The zero-order valence-electron chi connectivity index (χ0n) is 12.1. The topological polar surface area (TPSA) is 43.4 Å². The zero-order chi connectivity index (χ0) is 15.0. The maximum atomic E-state index is 12.6. The van der Waals surface area contributed by atoms with E-state index in [0.29, 0.717) is 28.9 Å². The Morgan fingerprint density at radius 1 is 0.857 bits per heavy atom. The van der Waals surface area contributed by atoms with E-state index in [2.05, 4.69) is 0 Å². The van der Waals surface area contributed by atoms with Crippen LogP contribution in [0.2, 0.25) is 0 Å². The third kappa shape index (κ3) is 2.41. The SMILES string of the molecule is CC(C)OCc1ccc2c(c1)C(=O)c1ccccc1C2=O. The number of benzene rings is 2. The van der Waals surface area contributed by atoms with E-state index in [1.807, 2.05) is 19.9 Å². The molecule has 1 aliphatic rings. The van der Waals surface area contributed by atoms with Gasteiger partial charge in [0.2, 0.25) is 0 Å². The van der Waals surface area contributed by atoms with Crippen LogP contribution in [0.5, 0.6) is 0 Å². The van der Waals surface area contributed by atoms with Crippen molar-refractivity contribution < 1.29 is 14.3 Å². The Balaban J connectivity index is 2.02. The van der Waals surface area contributed by atoms with Crippen molar-refractivity contribution in [2.45, 2.75) is 26.6 Å². The predicted octanol–water partition coefficient (Wildman–Crippen LogP) is 3.39. The maximum absolute atomic E-state index is 12.6. The summed E-state index contributed by atoms with van der Waals surface area (Å²) in [6.07, 6.45) is 0.124. The highest BCUT2D eigenvalue weighted by Gasteiger charge is 2.29. The Hall–Kier alpha value is -2.26. The lowest BCUT2D eigenvalue weighted by Crippen LogP contribution is -2.21. The largest absolute Gasteiger partial charge is 0.374 e. The van der Waals surface area contributed by atoms with Crippen LogP contribution < -0.4 is 0 Å². The van der Waals surface area contributed by atoms with Crippen LogP contribution in [0.15, 0.2) is 42.5 Å². The average Bonchev–Trinajstić information content (AvgIpc) is 2.50. The van der Waals surface area contributed by atoms with Crippen LogP contribution >= 0.6 is 0 Å². The Morgan fingerprint density at radius 2 is 1.43 bits per heavy atom. The molecule has 3 nitrogen and oxygen atoms in total. The predicted molar refractivity (Wildman–Crippen MR) is 79.7 cm³/mol. The van der Waals surface area contributed by atoms with E-state index in [4.69, 9.17) is 4.74 Å². The van der Waals surface area contributed by atoms with Crippen molar-refractivity contribution in [2.24, 2.45) is 0 Å². The van der Waals surface area contributed by atoms with E-state index in [0.717, 1.165) is 5.56 Å². The monoisotopic (exact) mass is 280 g/mol. The van der Waals surface area contributed by atoms with Gasteiger partial charge in [0.15, 0.2) is 11.6 Å². The van der Waals surface area contributed by atoms with Crippen LogP contribution in [0.25, 0.3) is 0 Å². The van der Waals surface area contributed by atoms with Gasteiger partial charge < -0.3 is 4.74 Å². The van der Waals surface area contributed by atoms with Crippen molar-refractivity contribution in [3.63, 3.8) is 0 Å². The molecule has 0 saturated heterocycles. The lowest BCUT2D eigenvalue weighted by Gasteiger charge is -2.18. The highest BCUT2D eigenvalue weighted by Crippen LogP contribution is 2.28. The van der Waals surface area contributed by atoms with Gasteiger partial charge in [0, 0.05) is 22.3 Å². The lowest BCUT2D eigenvalue weighted by molar-refractivity contribution is 0.0656. The molecule has 2 aromatic rings. The first-order chi connectivity index (χ1) is 10.1. The summed E-state index contributed by atoms with van der Waals surface area (Å²) in [6, 6.07) is 12.3. The first-order valence-corrected chi connectivity index (χ1v) is 7.01. The van der Waals surface area contributed by atoms with Gasteiger partial charge in [-0.15, -0.1) is 0 Å². The third-order valence-electron chi connectivity index (χ3n) is 3.57. The average molecular weight is 280 g/mol. The number of ether oxygens (including phenoxy) is 1. The van der Waals surface area contributed by atoms with Crippen LogP contribution in [-0.2, 0) is 11.3 Å². The molecule has 0 aromatic heterocycles. The molecule has 106 valence electrons. The fourth-order valence-electron chi connectivity index (χ4n) is 2.50. The van der Waals surface area contributed by atoms with E-state index >= 15 is 0 Å². The molecule has 0 saturated carbocycles. The zero-order valence-corrected chi connectivity index (χ0v) is 12.1. The van der Waals surface area contributed by atoms with Crippen LogP contribution in [0.3, 0.4) is 0 Å². The molecule has 0 radical (unpaired) electrons. The Bertz CT molecular complexity index is 729. The van der Waals surface area contributed by atoms with Gasteiger partial charge in [-0.3, -0.25) is 9.59 Å². The van der Waals surface area contributed by atoms with Crippen molar-refractivity contribution in [3.05, 3.63) is 70.3 Å². The standard InChI is InChI=1S/C18H16O3/c1-11(2)21-10-12-7-8-15-16(9-12)18(20)14-6-4-3-5-13(14)17(15)19/h3-9,11H,10H2,1-2H3. The van der Waals surface area contributed by atoms with Gasteiger partial charge in [-0.1, -0.05) is 30.3 Å². The third-order valence-corrected chi connectivity index (χ3v) is 3.57. The highest BCUT2D eigenvalue weighted by atomic mass is 16.5. The fraction of sp³-hybridized carbons (Fsp3) is 0.222. The first-order valence-electron chi connectivity index (χ1n) is 7.01. The van der Waals surface area contributed by atoms with Gasteiger partial charge in [0.1, 0.15) is 0 Å². The molecule has 0 aliphatic heterocycles. The summed E-state index contributed by atoms with van der Waals surface area (Å²) in [5.74, 6) is -0.178. The number of carbonyl (C=O) groups excluding carboxylic acids is 2.